The van der Waals surface area contributed by atoms with E-state index in [1.54, 1.807) is 12.1 Å². The van der Waals surface area contributed by atoms with E-state index in [1.807, 2.05) is 0 Å². The predicted octanol–water partition coefficient (Wildman–Crippen LogP) is 3.37. The smallest absolute Gasteiger partial charge is 0.228 e. The third-order valence-electron chi connectivity index (χ3n) is 2.48. The number of hydrogen-bond acceptors (Lipinski definition) is 2. The van der Waals surface area contributed by atoms with Gasteiger partial charge in [0.25, 0.3) is 0 Å². The Morgan fingerprint density at radius 2 is 2.05 bits per heavy atom. The third-order valence-corrected chi connectivity index (χ3v) is 2.79. The Morgan fingerprint density at radius 3 is 2.74 bits per heavy atom. The molecule has 3 nitrogen and oxygen atoms in total. The van der Waals surface area contributed by atoms with Crippen molar-refractivity contribution < 1.29 is 14.3 Å². The molecular weight excluding hydrogens is 269 g/mol. The molecule has 0 fully saturated rings. The highest BCUT2D eigenvalue weighted by Gasteiger charge is 2.08. The van der Waals surface area contributed by atoms with Gasteiger partial charge in [0.2, 0.25) is 5.91 Å². The summed E-state index contributed by atoms with van der Waals surface area (Å²) >= 11 is 5.81. The van der Waals surface area contributed by atoms with Crippen molar-refractivity contribution in [1.29, 1.82) is 0 Å². The van der Waals surface area contributed by atoms with Gasteiger partial charge in [-0.15, -0.1) is 0 Å². The molecule has 0 aliphatic carbocycles. The van der Waals surface area contributed by atoms with Crippen LogP contribution in [0.5, 0.6) is 5.75 Å². The van der Waals surface area contributed by atoms with Gasteiger partial charge in [0.05, 0.1) is 17.1 Å². The van der Waals surface area contributed by atoms with Crippen LogP contribution in [0.1, 0.15) is 5.56 Å². The van der Waals surface area contributed by atoms with Crippen molar-refractivity contribution in [2.45, 2.75) is 6.42 Å². The average Bonchev–Trinajstić information content (AvgIpc) is 2.33. The molecule has 0 spiro atoms. The SMILES string of the molecule is O=C(Cc1cccc(O)c1)Nc1ccc(F)cc1Cl. The first-order valence-electron chi connectivity index (χ1n) is 5.57. The molecule has 0 aromatic heterocycles. The van der Waals surface area contributed by atoms with Crippen LogP contribution in [0.25, 0.3) is 0 Å². The predicted molar refractivity (Wildman–Crippen MR) is 71.9 cm³/mol. The number of anilines is 1. The molecule has 0 aliphatic heterocycles. The summed E-state index contributed by atoms with van der Waals surface area (Å²) < 4.78 is 12.9. The quantitative estimate of drug-likeness (QED) is 0.905. The van der Waals surface area contributed by atoms with Crippen LogP contribution in [-0.4, -0.2) is 11.0 Å². The Bertz CT molecular complexity index is 616. The number of benzene rings is 2. The fraction of sp³-hybridized carbons (Fsp3) is 0.0714. The average molecular weight is 280 g/mol. The van der Waals surface area contributed by atoms with Crippen molar-refractivity contribution >= 4 is 23.2 Å². The monoisotopic (exact) mass is 279 g/mol. The second-order valence-electron chi connectivity index (χ2n) is 4.02. The van der Waals surface area contributed by atoms with E-state index in [0.29, 0.717) is 11.3 Å². The first-order valence-corrected chi connectivity index (χ1v) is 5.95. The molecule has 0 aliphatic rings. The number of phenols is 1. The number of phenolic OH excluding ortho intramolecular Hbond substituents is 1. The summed E-state index contributed by atoms with van der Waals surface area (Å²) in [5.74, 6) is -0.653. The molecule has 19 heavy (non-hydrogen) atoms. The van der Waals surface area contributed by atoms with Gasteiger partial charge >= 0.3 is 0 Å². The molecule has 0 radical (unpaired) electrons. The van der Waals surface area contributed by atoms with Gasteiger partial charge in [-0.2, -0.15) is 0 Å². The van der Waals surface area contributed by atoms with Crippen LogP contribution >= 0.6 is 11.6 Å². The molecule has 2 aromatic rings. The molecule has 2 rings (SSSR count). The van der Waals surface area contributed by atoms with Crippen LogP contribution in [-0.2, 0) is 11.2 Å². The maximum absolute atomic E-state index is 12.9. The van der Waals surface area contributed by atoms with E-state index < -0.39 is 5.82 Å². The van der Waals surface area contributed by atoms with E-state index >= 15 is 0 Å². The Balaban J connectivity index is 2.05. The summed E-state index contributed by atoms with van der Waals surface area (Å²) in [6.45, 7) is 0. The highest BCUT2D eigenvalue weighted by Crippen LogP contribution is 2.22. The Morgan fingerprint density at radius 1 is 1.26 bits per heavy atom. The van der Waals surface area contributed by atoms with Crippen LogP contribution in [0.3, 0.4) is 0 Å². The van der Waals surface area contributed by atoms with Gasteiger partial charge in [0, 0.05) is 0 Å². The summed E-state index contributed by atoms with van der Waals surface area (Å²) in [6.07, 6.45) is 0.0993. The molecule has 1 amide bonds. The summed E-state index contributed by atoms with van der Waals surface area (Å²) in [6, 6.07) is 10.2. The second kappa shape index (κ2) is 5.71. The topological polar surface area (TPSA) is 49.3 Å². The zero-order valence-electron chi connectivity index (χ0n) is 9.86. The summed E-state index contributed by atoms with van der Waals surface area (Å²) in [7, 11) is 0. The molecule has 0 heterocycles. The first-order chi connectivity index (χ1) is 9.04. The molecule has 0 saturated heterocycles. The minimum atomic E-state index is -0.462. The van der Waals surface area contributed by atoms with Crippen LogP contribution in [0.15, 0.2) is 42.5 Å². The molecule has 0 saturated carbocycles. The summed E-state index contributed by atoms with van der Waals surface area (Å²) in [5.41, 5.74) is 1.03. The number of rotatable bonds is 3. The van der Waals surface area contributed by atoms with E-state index in [4.69, 9.17) is 11.6 Å². The van der Waals surface area contributed by atoms with Gasteiger partial charge in [-0.3, -0.25) is 4.79 Å². The molecular formula is C14H11ClFNO2. The van der Waals surface area contributed by atoms with Crippen molar-refractivity contribution in [3.63, 3.8) is 0 Å². The van der Waals surface area contributed by atoms with E-state index in [-0.39, 0.29) is 23.1 Å². The molecule has 5 heteroatoms. The Labute approximate surface area is 114 Å². The van der Waals surface area contributed by atoms with Gasteiger partial charge in [0.1, 0.15) is 11.6 Å². The van der Waals surface area contributed by atoms with Gasteiger partial charge in [-0.25, -0.2) is 4.39 Å². The van der Waals surface area contributed by atoms with Crippen LogP contribution in [0.2, 0.25) is 5.02 Å². The summed E-state index contributed by atoms with van der Waals surface area (Å²) in [4.78, 5) is 11.8. The Hall–Kier alpha value is -2.07. The molecule has 0 atom stereocenters. The van der Waals surface area contributed by atoms with E-state index in [9.17, 15) is 14.3 Å². The molecule has 2 aromatic carbocycles. The zero-order valence-corrected chi connectivity index (χ0v) is 10.6. The maximum atomic E-state index is 12.9. The Kier molecular flexibility index (Phi) is 4.02. The number of aromatic hydroxyl groups is 1. The normalized spacial score (nSPS) is 10.2. The zero-order chi connectivity index (χ0) is 13.8. The van der Waals surface area contributed by atoms with Gasteiger partial charge < -0.3 is 10.4 Å². The lowest BCUT2D eigenvalue weighted by atomic mass is 10.1. The van der Waals surface area contributed by atoms with Crippen molar-refractivity contribution in [3.05, 3.63) is 58.9 Å². The standard InChI is InChI=1S/C14H11ClFNO2/c15-12-8-10(16)4-5-13(12)17-14(19)7-9-2-1-3-11(18)6-9/h1-6,8,18H,7H2,(H,17,19). The number of carbonyl (C=O) groups is 1. The van der Waals surface area contributed by atoms with Crippen LogP contribution in [0.4, 0.5) is 10.1 Å². The van der Waals surface area contributed by atoms with Crippen molar-refractivity contribution in [1.82, 2.24) is 0 Å². The van der Waals surface area contributed by atoms with Crippen molar-refractivity contribution in [2.75, 3.05) is 5.32 Å². The van der Waals surface area contributed by atoms with E-state index in [2.05, 4.69) is 5.32 Å². The third kappa shape index (κ3) is 3.69. The molecule has 98 valence electrons. The second-order valence-corrected chi connectivity index (χ2v) is 4.43. The summed E-state index contributed by atoms with van der Waals surface area (Å²) in [5, 5.41) is 12.0. The maximum Gasteiger partial charge on any atom is 0.228 e. The fourth-order valence-corrected chi connectivity index (χ4v) is 1.85. The van der Waals surface area contributed by atoms with Gasteiger partial charge in [-0.05, 0) is 35.9 Å². The lowest BCUT2D eigenvalue weighted by Gasteiger charge is -2.07. The van der Waals surface area contributed by atoms with Gasteiger partial charge in [-0.1, -0.05) is 23.7 Å². The van der Waals surface area contributed by atoms with Crippen LogP contribution in [0, 0.1) is 5.82 Å². The van der Waals surface area contributed by atoms with Gasteiger partial charge in [0.15, 0.2) is 0 Å². The van der Waals surface area contributed by atoms with Crippen molar-refractivity contribution in [3.8, 4) is 5.75 Å². The van der Waals surface area contributed by atoms with E-state index in [1.165, 1.54) is 24.3 Å². The lowest BCUT2D eigenvalue weighted by molar-refractivity contribution is -0.115. The number of nitrogens with one attached hydrogen (secondary N) is 1. The number of carbonyl (C=O) groups excluding carboxylic acids is 1. The molecule has 2 N–H and O–H groups in total. The van der Waals surface area contributed by atoms with Crippen LogP contribution < -0.4 is 5.32 Å². The number of halogens is 2. The minimum Gasteiger partial charge on any atom is -0.508 e. The molecule has 0 unspecified atom stereocenters. The van der Waals surface area contributed by atoms with E-state index in [0.717, 1.165) is 6.07 Å². The number of hydrogen-bond donors (Lipinski definition) is 2. The highest BCUT2D eigenvalue weighted by atomic mass is 35.5. The first kappa shape index (κ1) is 13.4. The lowest BCUT2D eigenvalue weighted by Crippen LogP contribution is -2.14. The fourth-order valence-electron chi connectivity index (χ4n) is 1.64. The number of amides is 1. The highest BCUT2D eigenvalue weighted by molar-refractivity contribution is 6.33. The minimum absolute atomic E-state index is 0.0993. The van der Waals surface area contributed by atoms with Crippen molar-refractivity contribution in [2.24, 2.45) is 0 Å². The molecule has 0 bridgehead atoms. The largest absolute Gasteiger partial charge is 0.508 e.